The highest BCUT2D eigenvalue weighted by Crippen LogP contribution is 2.27. The van der Waals surface area contributed by atoms with Crippen LogP contribution in [-0.2, 0) is 11.3 Å². The smallest absolute Gasteiger partial charge is 0.338 e. The summed E-state index contributed by atoms with van der Waals surface area (Å²) >= 11 is 3.43. The monoisotopic (exact) mass is 398 g/mol. The Bertz CT molecular complexity index is 545. The van der Waals surface area contributed by atoms with E-state index in [9.17, 15) is 4.79 Å². The molecule has 0 unspecified atom stereocenters. The average Bonchev–Trinajstić information content (AvgIpc) is 2.60. The van der Waals surface area contributed by atoms with Gasteiger partial charge in [0.1, 0.15) is 0 Å². The van der Waals surface area contributed by atoms with Crippen LogP contribution < -0.4 is 11.1 Å². The highest BCUT2D eigenvalue weighted by atomic mass is 79.9. The number of nitrogens with one attached hydrogen (secondary N) is 1. The van der Waals surface area contributed by atoms with Crippen molar-refractivity contribution in [2.45, 2.75) is 57.5 Å². The van der Waals surface area contributed by atoms with Gasteiger partial charge >= 0.3 is 5.97 Å². The maximum absolute atomic E-state index is 12.2. The Morgan fingerprint density at radius 1 is 1.29 bits per heavy atom. The summed E-state index contributed by atoms with van der Waals surface area (Å²) in [5, 5.41) is 12.3. The fourth-order valence-corrected chi connectivity index (χ4v) is 3.46. The minimum atomic E-state index is -0.354. The van der Waals surface area contributed by atoms with E-state index in [1.165, 1.54) is 32.1 Å². The molecule has 1 aliphatic carbocycles. The van der Waals surface area contributed by atoms with Crippen LogP contribution in [0.4, 0.5) is 5.69 Å². The van der Waals surface area contributed by atoms with E-state index in [-0.39, 0.29) is 12.6 Å². The molecule has 0 radical (unpaired) electrons. The van der Waals surface area contributed by atoms with Crippen molar-refractivity contribution < 1.29 is 14.6 Å². The number of esters is 1. The number of nitrogen functional groups attached to an aromatic ring is 1. The molecule has 0 bridgehead atoms. The third-order valence-electron chi connectivity index (χ3n) is 4.42. The van der Waals surface area contributed by atoms with Crippen molar-refractivity contribution in [1.29, 1.82) is 0 Å². The van der Waals surface area contributed by atoms with Gasteiger partial charge in [-0.15, -0.1) is 0 Å². The molecule has 1 aromatic carbocycles. The lowest BCUT2D eigenvalue weighted by molar-refractivity contribution is 0.0492. The molecule has 4 N–H and O–H groups in total. The van der Waals surface area contributed by atoms with Gasteiger partial charge in [-0.3, -0.25) is 0 Å². The molecular formula is C18H27BrN2O3. The number of halogens is 1. The zero-order valence-electron chi connectivity index (χ0n) is 14.0. The largest absolute Gasteiger partial charge is 0.462 e. The predicted octanol–water partition coefficient (Wildman–Crippen LogP) is 3.38. The molecule has 1 saturated carbocycles. The maximum atomic E-state index is 12.2. The van der Waals surface area contributed by atoms with E-state index in [4.69, 9.17) is 15.6 Å². The van der Waals surface area contributed by atoms with Crippen molar-refractivity contribution in [1.82, 2.24) is 5.32 Å². The summed E-state index contributed by atoms with van der Waals surface area (Å²) in [4.78, 5) is 12.2. The molecule has 24 heavy (non-hydrogen) atoms. The highest BCUT2D eigenvalue weighted by Gasteiger charge is 2.16. The number of benzene rings is 1. The van der Waals surface area contributed by atoms with E-state index in [1.807, 2.05) is 6.07 Å². The van der Waals surface area contributed by atoms with Crippen LogP contribution in [0, 0.1) is 0 Å². The molecule has 0 saturated heterocycles. The number of carbonyl (C=O) groups excluding carboxylic acids is 1. The highest BCUT2D eigenvalue weighted by molar-refractivity contribution is 9.10. The Morgan fingerprint density at radius 3 is 2.75 bits per heavy atom. The zero-order chi connectivity index (χ0) is 17.4. The summed E-state index contributed by atoms with van der Waals surface area (Å²) in [7, 11) is 0. The summed E-state index contributed by atoms with van der Waals surface area (Å²) < 4.78 is 5.96. The first-order chi connectivity index (χ1) is 11.6. The number of aliphatic hydroxyl groups excluding tert-OH is 1. The van der Waals surface area contributed by atoms with Gasteiger partial charge in [0.15, 0.2) is 0 Å². The van der Waals surface area contributed by atoms with E-state index < -0.39 is 0 Å². The number of ether oxygens (including phenoxy) is 1. The molecule has 1 aromatic rings. The van der Waals surface area contributed by atoms with E-state index in [0.29, 0.717) is 47.8 Å². The van der Waals surface area contributed by atoms with Crippen molar-refractivity contribution >= 4 is 27.6 Å². The maximum Gasteiger partial charge on any atom is 0.338 e. The van der Waals surface area contributed by atoms with Gasteiger partial charge in [0, 0.05) is 23.7 Å². The summed E-state index contributed by atoms with van der Waals surface area (Å²) in [6.07, 6.45) is 7.57. The van der Waals surface area contributed by atoms with Crippen molar-refractivity contribution in [3.63, 3.8) is 0 Å². The fourth-order valence-electron chi connectivity index (χ4n) is 2.96. The molecule has 5 nitrogen and oxygen atoms in total. The quantitative estimate of drug-likeness (QED) is 0.355. The van der Waals surface area contributed by atoms with E-state index in [0.717, 1.165) is 5.56 Å². The Balaban J connectivity index is 1.97. The van der Waals surface area contributed by atoms with E-state index >= 15 is 0 Å². The summed E-state index contributed by atoms with van der Waals surface area (Å²) in [5.74, 6) is -0.354. The van der Waals surface area contributed by atoms with Gasteiger partial charge in [-0.25, -0.2) is 4.79 Å². The van der Waals surface area contributed by atoms with Crippen LogP contribution in [0.2, 0.25) is 0 Å². The van der Waals surface area contributed by atoms with Gasteiger partial charge in [0.25, 0.3) is 0 Å². The number of unbranched alkanes of at least 4 members (excludes halogenated alkanes) is 1. The first-order valence-corrected chi connectivity index (χ1v) is 9.50. The molecule has 0 atom stereocenters. The number of hydrogen-bond acceptors (Lipinski definition) is 5. The second-order valence-corrected chi connectivity index (χ2v) is 7.17. The van der Waals surface area contributed by atoms with Crippen molar-refractivity contribution in [3.05, 3.63) is 27.7 Å². The Hall–Kier alpha value is -1.11. The van der Waals surface area contributed by atoms with Crippen LogP contribution in [0.3, 0.4) is 0 Å². The van der Waals surface area contributed by atoms with Crippen molar-refractivity contribution in [3.8, 4) is 0 Å². The Kier molecular flexibility index (Phi) is 8.02. The van der Waals surface area contributed by atoms with E-state index in [2.05, 4.69) is 21.2 Å². The number of carbonyl (C=O) groups is 1. The van der Waals surface area contributed by atoms with Gasteiger partial charge < -0.3 is 20.9 Å². The number of hydrogen-bond donors (Lipinski definition) is 3. The van der Waals surface area contributed by atoms with Gasteiger partial charge in [0.2, 0.25) is 0 Å². The van der Waals surface area contributed by atoms with Crippen molar-refractivity contribution in [2.24, 2.45) is 0 Å². The van der Waals surface area contributed by atoms with Crippen molar-refractivity contribution in [2.75, 3.05) is 18.9 Å². The Morgan fingerprint density at radius 2 is 2.04 bits per heavy atom. The first-order valence-electron chi connectivity index (χ1n) is 8.71. The lowest BCUT2D eigenvalue weighted by atomic mass is 9.95. The summed E-state index contributed by atoms with van der Waals surface area (Å²) in [6, 6.07) is 4.05. The molecule has 134 valence electrons. The minimum absolute atomic E-state index is 0.113. The molecule has 0 heterocycles. The summed E-state index contributed by atoms with van der Waals surface area (Å²) in [6.45, 7) is 1.08. The van der Waals surface area contributed by atoms with Gasteiger partial charge in [0.05, 0.1) is 17.9 Å². The summed E-state index contributed by atoms with van der Waals surface area (Å²) in [5.41, 5.74) is 8.22. The number of nitrogens with two attached hydrogens (primary N) is 1. The van der Waals surface area contributed by atoms with Crippen LogP contribution >= 0.6 is 15.9 Å². The molecule has 0 spiro atoms. The lowest BCUT2D eigenvalue weighted by Crippen LogP contribution is -2.30. The fraction of sp³-hybridized carbons (Fsp3) is 0.611. The second-order valence-electron chi connectivity index (χ2n) is 6.31. The van der Waals surface area contributed by atoms with Crippen LogP contribution in [0.25, 0.3) is 0 Å². The molecular weight excluding hydrogens is 372 g/mol. The molecule has 1 aliphatic rings. The Labute approximate surface area is 152 Å². The molecule has 0 aliphatic heterocycles. The van der Waals surface area contributed by atoms with Gasteiger partial charge in [-0.1, -0.05) is 19.3 Å². The molecule has 0 amide bonds. The van der Waals surface area contributed by atoms with Gasteiger partial charge in [-0.05, 0) is 59.3 Å². The predicted molar refractivity (Wildman–Crippen MR) is 98.9 cm³/mol. The SMILES string of the molecule is Nc1c(Br)cc(C(=O)OCCCCO)cc1CNC1CCCCC1. The normalized spacial score (nSPS) is 15.4. The van der Waals surface area contributed by atoms with Crippen LogP contribution in [0.15, 0.2) is 16.6 Å². The second kappa shape index (κ2) is 10.0. The topological polar surface area (TPSA) is 84.6 Å². The number of anilines is 1. The lowest BCUT2D eigenvalue weighted by Gasteiger charge is -2.23. The van der Waals surface area contributed by atoms with Crippen LogP contribution in [0.1, 0.15) is 60.9 Å². The molecule has 0 aromatic heterocycles. The number of aliphatic hydroxyl groups is 1. The molecule has 6 heteroatoms. The third kappa shape index (κ3) is 5.76. The zero-order valence-corrected chi connectivity index (χ0v) is 15.6. The van der Waals surface area contributed by atoms with Crippen LogP contribution in [0.5, 0.6) is 0 Å². The molecule has 1 fully saturated rings. The minimum Gasteiger partial charge on any atom is -0.462 e. The van der Waals surface area contributed by atoms with Crippen LogP contribution in [-0.4, -0.2) is 30.3 Å². The van der Waals surface area contributed by atoms with E-state index in [1.54, 1.807) is 6.07 Å². The number of rotatable bonds is 8. The average molecular weight is 399 g/mol. The first kappa shape index (κ1) is 19.2. The van der Waals surface area contributed by atoms with Gasteiger partial charge in [-0.2, -0.15) is 0 Å². The standard InChI is InChI=1S/C18H27BrN2O3/c19-16-11-13(18(23)24-9-5-4-8-22)10-14(17(16)20)12-21-15-6-2-1-3-7-15/h10-11,15,21-22H,1-9,12,20H2. The molecule has 2 rings (SSSR count). The third-order valence-corrected chi connectivity index (χ3v) is 5.08.